The number of hydrogen-bond acceptors (Lipinski definition) is 3. The van der Waals surface area contributed by atoms with Gasteiger partial charge in [-0.15, -0.1) is 59.2 Å². The van der Waals surface area contributed by atoms with Crippen LogP contribution in [-0.2, 0) is 21.1 Å². The molecule has 0 saturated carbocycles. The number of fused-ring (bicyclic) bond motifs is 8. The maximum atomic E-state index is 5.72. The van der Waals surface area contributed by atoms with Crippen molar-refractivity contribution in [1.82, 2.24) is 14.5 Å². The topological polar surface area (TPSA) is 34.0 Å². The van der Waals surface area contributed by atoms with Crippen LogP contribution in [0.15, 0.2) is 152 Å². The summed E-state index contributed by atoms with van der Waals surface area (Å²) in [6.07, 6.45) is 0. The van der Waals surface area contributed by atoms with Crippen LogP contribution in [0.1, 0.15) is 56.2 Å². The minimum atomic E-state index is 0. The van der Waals surface area contributed by atoms with E-state index in [4.69, 9.17) is 9.97 Å². The second-order valence-corrected chi connectivity index (χ2v) is 15.7. The van der Waals surface area contributed by atoms with Gasteiger partial charge in [0.15, 0.2) is 0 Å². The molecule has 0 radical (unpaired) electrons. The van der Waals surface area contributed by atoms with Crippen molar-refractivity contribution < 1.29 is 21.1 Å². The summed E-state index contributed by atoms with van der Waals surface area (Å²) in [7, 11) is 0. The summed E-state index contributed by atoms with van der Waals surface area (Å²) in [6, 6.07) is 61.2. The van der Waals surface area contributed by atoms with E-state index in [9.17, 15) is 0 Å². The van der Waals surface area contributed by atoms with Crippen LogP contribution in [0.2, 0.25) is 0 Å². The molecule has 0 aliphatic carbocycles. The Morgan fingerprint density at radius 1 is 0.586 bits per heavy atom. The predicted octanol–water partition coefficient (Wildman–Crippen LogP) is 14.2. The van der Waals surface area contributed by atoms with Crippen molar-refractivity contribution in [1.29, 1.82) is 0 Å². The number of para-hydroxylation sites is 3. The smallest absolute Gasteiger partial charge is 0.350 e. The minimum absolute atomic E-state index is 0. The van der Waals surface area contributed by atoms with E-state index in [0.717, 1.165) is 67.7 Å². The first-order valence-electron chi connectivity index (χ1n) is 19.9. The van der Waals surface area contributed by atoms with E-state index in [1.165, 1.54) is 38.5 Å². The third-order valence-corrected chi connectivity index (χ3v) is 11.4. The van der Waals surface area contributed by atoms with Crippen LogP contribution in [0.4, 0.5) is 17.3 Å². The zero-order valence-corrected chi connectivity index (χ0v) is 35.5. The third kappa shape index (κ3) is 6.19. The average molecular weight is 930 g/mol. The predicted molar refractivity (Wildman–Crippen MR) is 237 cm³/mol. The van der Waals surface area contributed by atoms with Gasteiger partial charge in [0.1, 0.15) is 11.6 Å². The SMILES string of the molecule is Cc1ccc(-c2cc[c-]c(-c3cccc(N(c4ccc5c(n4)-c4[c-]ccc6c7ccccc7n(c46)-c4ccccc4-5)c4c(C(C)C)cccc4C(C)C)n3)c2)cc1.[Pt+2]. The second kappa shape index (κ2) is 15.0. The molecule has 0 unspecified atom stereocenters. The summed E-state index contributed by atoms with van der Waals surface area (Å²) in [6.45, 7) is 11.2. The molecule has 6 aromatic carbocycles. The molecule has 5 heteroatoms. The standard InChI is InChI=1S/C53H42N4.Pt/c1-33(2)39-18-11-19-40(34(3)4)52(39)57(49-25-13-22-46(54-49)38-15-10-14-37(32-38)36-28-26-35(5)27-29-36)50-31-30-43-41-16-6-8-23-47(41)56-48-24-9-7-17-42(48)44-20-12-21-45(53(44)56)51(43)55-50;/h6-14,16-20,22-34H,1-5H3;/q-2;+2. The number of pyridine rings is 2. The molecule has 0 N–H and O–H groups in total. The molecule has 0 spiro atoms. The molecule has 0 saturated heterocycles. The number of anilines is 3. The normalized spacial score (nSPS) is 11.7. The molecular formula is C53H42N4Pt. The van der Waals surface area contributed by atoms with Gasteiger partial charge in [-0.25, -0.2) is 0 Å². The fourth-order valence-electron chi connectivity index (χ4n) is 8.62. The zero-order valence-electron chi connectivity index (χ0n) is 33.2. The van der Waals surface area contributed by atoms with Gasteiger partial charge in [0.25, 0.3) is 0 Å². The summed E-state index contributed by atoms with van der Waals surface area (Å²) in [5.74, 6) is 2.12. The van der Waals surface area contributed by atoms with Crippen LogP contribution < -0.4 is 4.90 Å². The number of rotatable bonds is 7. The van der Waals surface area contributed by atoms with E-state index in [-0.39, 0.29) is 32.9 Å². The van der Waals surface area contributed by atoms with Crippen molar-refractivity contribution in [2.24, 2.45) is 0 Å². The number of benzene rings is 6. The Balaban J connectivity index is 0.00000436. The maximum Gasteiger partial charge on any atom is 2.00 e. The van der Waals surface area contributed by atoms with Crippen LogP contribution in [0.25, 0.3) is 72.3 Å². The van der Waals surface area contributed by atoms with E-state index in [1.807, 2.05) is 6.07 Å². The Hall–Kier alpha value is -6.09. The number of nitrogens with zero attached hydrogens (tertiary/aromatic N) is 4. The van der Waals surface area contributed by atoms with Crippen LogP contribution in [0.3, 0.4) is 0 Å². The van der Waals surface area contributed by atoms with Gasteiger partial charge in [-0.05, 0) is 87.4 Å². The minimum Gasteiger partial charge on any atom is -0.350 e. The molecule has 1 aliphatic heterocycles. The molecule has 0 fully saturated rings. The van der Waals surface area contributed by atoms with Gasteiger partial charge in [-0.3, -0.25) is 14.9 Å². The maximum absolute atomic E-state index is 5.72. The van der Waals surface area contributed by atoms with Crippen LogP contribution in [-0.4, -0.2) is 14.5 Å². The van der Waals surface area contributed by atoms with Crippen molar-refractivity contribution in [3.8, 4) is 50.5 Å². The second-order valence-electron chi connectivity index (χ2n) is 15.7. The van der Waals surface area contributed by atoms with Crippen molar-refractivity contribution in [2.75, 3.05) is 4.90 Å². The van der Waals surface area contributed by atoms with Crippen molar-refractivity contribution >= 4 is 39.1 Å². The van der Waals surface area contributed by atoms with Gasteiger partial charge in [0.05, 0.1) is 5.69 Å². The fourth-order valence-corrected chi connectivity index (χ4v) is 8.62. The number of aryl methyl sites for hydroxylation is 1. The molecule has 0 amide bonds. The van der Waals surface area contributed by atoms with Gasteiger partial charge in [-0.2, -0.15) is 0 Å². The van der Waals surface area contributed by atoms with Gasteiger partial charge in [-0.1, -0.05) is 136 Å². The summed E-state index contributed by atoms with van der Waals surface area (Å²) >= 11 is 0. The van der Waals surface area contributed by atoms with E-state index < -0.39 is 0 Å². The van der Waals surface area contributed by atoms with E-state index in [1.54, 1.807) is 0 Å². The van der Waals surface area contributed by atoms with Crippen molar-refractivity contribution in [3.05, 3.63) is 180 Å². The van der Waals surface area contributed by atoms with Gasteiger partial charge < -0.3 is 4.57 Å². The third-order valence-electron chi connectivity index (χ3n) is 11.4. The van der Waals surface area contributed by atoms with E-state index in [0.29, 0.717) is 0 Å². The molecule has 3 aromatic heterocycles. The van der Waals surface area contributed by atoms with Crippen molar-refractivity contribution in [3.63, 3.8) is 0 Å². The summed E-state index contributed by atoms with van der Waals surface area (Å²) in [5, 5.41) is 2.41. The molecule has 284 valence electrons. The molecular weight excluding hydrogens is 888 g/mol. The summed E-state index contributed by atoms with van der Waals surface area (Å²) in [4.78, 5) is 13.5. The van der Waals surface area contributed by atoms with E-state index >= 15 is 0 Å². The molecule has 4 nitrogen and oxygen atoms in total. The molecule has 0 atom stereocenters. The zero-order chi connectivity index (χ0) is 38.8. The van der Waals surface area contributed by atoms with Gasteiger partial charge >= 0.3 is 21.1 Å². The fraction of sp³-hybridized carbons (Fsp3) is 0.132. The number of hydrogen-bond donors (Lipinski definition) is 0. The van der Waals surface area contributed by atoms with Crippen LogP contribution in [0.5, 0.6) is 0 Å². The molecule has 58 heavy (non-hydrogen) atoms. The molecule has 4 heterocycles. The molecule has 10 rings (SSSR count). The average Bonchev–Trinajstić information content (AvgIpc) is 3.52. The Morgan fingerprint density at radius 2 is 1.29 bits per heavy atom. The van der Waals surface area contributed by atoms with Crippen LogP contribution in [0, 0.1) is 19.1 Å². The first-order chi connectivity index (χ1) is 27.9. The Bertz CT molecular complexity index is 2970. The van der Waals surface area contributed by atoms with Gasteiger partial charge in [0, 0.05) is 16.9 Å². The largest absolute Gasteiger partial charge is 2.00 e. The quantitative estimate of drug-likeness (QED) is 0.149. The first kappa shape index (κ1) is 37.5. The molecule has 9 aromatic rings. The Labute approximate surface area is 355 Å². The monoisotopic (exact) mass is 929 g/mol. The van der Waals surface area contributed by atoms with Gasteiger partial charge in [0.2, 0.25) is 0 Å². The Morgan fingerprint density at radius 3 is 2.09 bits per heavy atom. The Kier molecular flexibility index (Phi) is 9.70. The molecule has 1 aliphatic rings. The van der Waals surface area contributed by atoms with E-state index in [2.05, 4.69) is 202 Å². The summed E-state index contributed by atoms with van der Waals surface area (Å²) < 4.78 is 2.40. The summed E-state index contributed by atoms with van der Waals surface area (Å²) in [5.41, 5.74) is 16.5. The van der Waals surface area contributed by atoms with Crippen molar-refractivity contribution in [2.45, 2.75) is 46.5 Å². The number of aromatic nitrogens is 3. The first-order valence-corrected chi connectivity index (χ1v) is 19.9. The van der Waals surface area contributed by atoms with Crippen LogP contribution >= 0.6 is 0 Å². The molecule has 0 bridgehead atoms.